The van der Waals surface area contributed by atoms with Gasteiger partial charge in [-0.25, -0.2) is 4.98 Å². The van der Waals surface area contributed by atoms with Crippen molar-refractivity contribution in [2.24, 2.45) is 4.99 Å². The van der Waals surface area contributed by atoms with Crippen LogP contribution in [0, 0.1) is 6.92 Å². The minimum Gasteiger partial charge on any atom is -0.356 e. The van der Waals surface area contributed by atoms with Crippen LogP contribution < -0.4 is 10.6 Å². The lowest BCUT2D eigenvalue weighted by atomic mass is 10.1. The molecule has 0 unspecified atom stereocenters. The molecule has 0 saturated heterocycles. The zero-order valence-corrected chi connectivity index (χ0v) is 15.6. The highest BCUT2D eigenvalue weighted by atomic mass is 32.1. The Balaban J connectivity index is 1.45. The normalized spacial score (nSPS) is 13.9. The number of nitrogens with one attached hydrogen (secondary N) is 2. The van der Waals surface area contributed by atoms with Gasteiger partial charge in [-0.3, -0.25) is 19.5 Å². The van der Waals surface area contributed by atoms with Gasteiger partial charge in [0.05, 0.1) is 16.1 Å². The molecule has 1 aromatic carbocycles. The molecule has 2 aromatic rings. The van der Waals surface area contributed by atoms with Gasteiger partial charge < -0.3 is 10.6 Å². The van der Waals surface area contributed by atoms with Crippen molar-refractivity contribution in [1.82, 2.24) is 20.5 Å². The molecule has 2 heterocycles. The van der Waals surface area contributed by atoms with Crippen LogP contribution >= 0.6 is 11.3 Å². The van der Waals surface area contributed by atoms with E-state index in [0.717, 1.165) is 11.4 Å². The topological polar surface area (TPSA) is 86.7 Å². The van der Waals surface area contributed by atoms with E-state index in [1.165, 1.54) is 9.78 Å². The van der Waals surface area contributed by atoms with Crippen LogP contribution in [-0.2, 0) is 6.42 Å². The largest absolute Gasteiger partial charge is 0.356 e. The van der Waals surface area contributed by atoms with Gasteiger partial charge in [-0.2, -0.15) is 0 Å². The minimum atomic E-state index is -0.241. The van der Waals surface area contributed by atoms with Crippen molar-refractivity contribution in [3.8, 4) is 0 Å². The summed E-state index contributed by atoms with van der Waals surface area (Å²) < 4.78 is 0. The molecule has 7 nitrogen and oxygen atoms in total. The Hall–Kier alpha value is -2.74. The maximum atomic E-state index is 12.3. The number of carbonyl (C=O) groups excluding carboxylic acids is 2. The first-order valence-corrected chi connectivity index (χ1v) is 9.23. The van der Waals surface area contributed by atoms with Gasteiger partial charge >= 0.3 is 0 Å². The van der Waals surface area contributed by atoms with Crippen molar-refractivity contribution in [2.45, 2.75) is 13.3 Å². The van der Waals surface area contributed by atoms with Crippen molar-refractivity contribution in [2.75, 3.05) is 26.7 Å². The van der Waals surface area contributed by atoms with E-state index < -0.39 is 0 Å². The molecule has 0 atom stereocenters. The van der Waals surface area contributed by atoms with Crippen molar-refractivity contribution < 1.29 is 9.59 Å². The molecule has 0 bridgehead atoms. The molecule has 8 heteroatoms. The fourth-order valence-electron chi connectivity index (χ4n) is 2.75. The number of benzene rings is 1. The lowest BCUT2D eigenvalue weighted by Crippen LogP contribution is -2.43. The van der Waals surface area contributed by atoms with Crippen molar-refractivity contribution in [3.63, 3.8) is 0 Å². The standard InChI is InChI=1S/C18H21N5O2S/c1-12-11-22-15(26-12)7-8-20-18(19-2)21-9-10-23-16(24)13-5-3-4-6-14(13)17(23)25/h3-6,11H,7-10H2,1-2H3,(H2,19,20,21). The molecule has 0 fully saturated rings. The molecule has 2 N–H and O–H groups in total. The molecule has 0 aliphatic carbocycles. The van der Waals surface area contributed by atoms with Gasteiger partial charge in [-0.15, -0.1) is 11.3 Å². The van der Waals surface area contributed by atoms with Gasteiger partial charge in [0, 0.05) is 44.2 Å². The Morgan fingerprint density at radius 1 is 1.15 bits per heavy atom. The number of aryl methyl sites for hydroxylation is 1. The van der Waals surface area contributed by atoms with Crippen LogP contribution in [0.1, 0.15) is 30.6 Å². The zero-order valence-electron chi connectivity index (χ0n) is 14.8. The van der Waals surface area contributed by atoms with E-state index in [-0.39, 0.29) is 11.8 Å². The Morgan fingerprint density at radius 2 is 1.81 bits per heavy atom. The molecule has 0 spiro atoms. The highest BCUT2D eigenvalue weighted by molar-refractivity contribution is 7.11. The van der Waals surface area contributed by atoms with Crippen LogP contribution in [0.5, 0.6) is 0 Å². The number of guanidine groups is 1. The first kappa shape index (κ1) is 18.1. The van der Waals surface area contributed by atoms with E-state index in [4.69, 9.17) is 0 Å². The highest BCUT2D eigenvalue weighted by Gasteiger charge is 2.34. The number of hydrogen-bond acceptors (Lipinski definition) is 5. The van der Waals surface area contributed by atoms with Crippen LogP contribution in [-0.4, -0.2) is 54.3 Å². The van der Waals surface area contributed by atoms with Gasteiger partial charge in [0.25, 0.3) is 11.8 Å². The third-order valence-electron chi connectivity index (χ3n) is 4.03. The molecular formula is C18H21N5O2S. The van der Waals surface area contributed by atoms with E-state index in [0.29, 0.717) is 36.7 Å². The third kappa shape index (κ3) is 3.91. The molecule has 1 aliphatic rings. The highest BCUT2D eigenvalue weighted by Crippen LogP contribution is 2.21. The van der Waals surface area contributed by atoms with Gasteiger partial charge in [0.1, 0.15) is 0 Å². The Labute approximate surface area is 156 Å². The summed E-state index contributed by atoms with van der Waals surface area (Å²) in [5, 5.41) is 7.42. The third-order valence-corrected chi connectivity index (χ3v) is 5.00. The predicted octanol–water partition coefficient (Wildman–Crippen LogP) is 1.46. The average molecular weight is 371 g/mol. The predicted molar refractivity (Wildman–Crippen MR) is 102 cm³/mol. The lowest BCUT2D eigenvalue weighted by molar-refractivity contribution is 0.0657. The minimum absolute atomic E-state index is 0.241. The number of aliphatic imine (C=N–C) groups is 1. The first-order valence-electron chi connectivity index (χ1n) is 8.41. The molecule has 2 amide bonds. The van der Waals surface area contributed by atoms with Gasteiger partial charge in [0.2, 0.25) is 0 Å². The van der Waals surface area contributed by atoms with Gasteiger partial charge in [0.15, 0.2) is 5.96 Å². The number of carbonyl (C=O) groups is 2. The Morgan fingerprint density at radius 3 is 2.38 bits per heavy atom. The number of nitrogens with zero attached hydrogens (tertiary/aromatic N) is 3. The number of imide groups is 1. The van der Waals surface area contributed by atoms with E-state index in [1.807, 2.05) is 13.1 Å². The fraction of sp³-hybridized carbons (Fsp3) is 0.333. The Kier molecular flexibility index (Phi) is 5.62. The van der Waals surface area contributed by atoms with Crippen molar-refractivity contribution >= 4 is 29.1 Å². The Bertz CT molecular complexity index is 811. The van der Waals surface area contributed by atoms with E-state index in [2.05, 4.69) is 20.6 Å². The average Bonchev–Trinajstić information content (AvgIpc) is 3.17. The summed E-state index contributed by atoms with van der Waals surface area (Å²) in [6.45, 7) is 3.47. The SMILES string of the molecule is CN=C(NCCc1ncc(C)s1)NCCN1C(=O)c2ccccc2C1=O. The maximum Gasteiger partial charge on any atom is 0.261 e. The van der Waals surface area contributed by atoms with E-state index in [9.17, 15) is 9.59 Å². The maximum absolute atomic E-state index is 12.3. The summed E-state index contributed by atoms with van der Waals surface area (Å²) in [6.07, 6.45) is 2.69. The fourth-order valence-corrected chi connectivity index (χ4v) is 3.54. The van der Waals surface area contributed by atoms with Crippen LogP contribution in [0.25, 0.3) is 0 Å². The second kappa shape index (κ2) is 8.09. The van der Waals surface area contributed by atoms with Crippen molar-refractivity contribution in [3.05, 3.63) is 51.5 Å². The number of hydrogen-bond donors (Lipinski definition) is 2. The first-order chi connectivity index (χ1) is 12.6. The van der Waals surface area contributed by atoms with Crippen molar-refractivity contribution in [1.29, 1.82) is 0 Å². The van der Waals surface area contributed by atoms with Crippen LogP contribution in [0.4, 0.5) is 0 Å². The molecule has 1 aromatic heterocycles. The van der Waals surface area contributed by atoms with Gasteiger partial charge in [-0.1, -0.05) is 12.1 Å². The summed E-state index contributed by atoms with van der Waals surface area (Å²) in [5.74, 6) is 0.152. The lowest BCUT2D eigenvalue weighted by Gasteiger charge is -2.16. The second-order valence-corrected chi connectivity index (χ2v) is 7.17. The molecule has 136 valence electrons. The summed E-state index contributed by atoms with van der Waals surface area (Å²) in [6, 6.07) is 6.90. The molecule has 0 radical (unpaired) electrons. The van der Waals surface area contributed by atoms with Gasteiger partial charge in [-0.05, 0) is 19.1 Å². The summed E-state index contributed by atoms with van der Waals surface area (Å²) in [4.78, 5) is 35.6. The number of aromatic nitrogens is 1. The van der Waals surface area contributed by atoms with Crippen LogP contribution in [0.2, 0.25) is 0 Å². The summed E-state index contributed by atoms with van der Waals surface area (Å²) in [5.41, 5.74) is 0.942. The van der Waals surface area contributed by atoms with Crippen LogP contribution in [0.15, 0.2) is 35.5 Å². The second-order valence-electron chi connectivity index (χ2n) is 5.85. The summed E-state index contributed by atoms with van der Waals surface area (Å²) in [7, 11) is 1.69. The molecular weight excluding hydrogens is 350 g/mol. The van der Waals surface area contributed by atoms with E-state index >= 15 is 0 Å². The summed E-state index contributed by atoms with van der Waals surface area (Å²) >= 11 is 1.68. The molecule has 0 saturated carbocycles. The number of fused-ring (bicyclic) bond motifs is 1. The quantitative estimate of drug-likeness (QED) is 0.456. The smallest absolute Gasteiger partial charge is 0.261 e. The number of amides is 2. The molecule has 1 aliphatic heterocycles. The van der Waals surface area contributed by atoms with Crippen LogP contribution in [0.3, 0.4) is 0 Å². The number of rotatable bonds is 6. The monoisotopic (exact) mass is 371 g/mol. The number of thiazole rings is 1. The van der Waals surface area contributed by atoms with E-state index in [1.54, 1.807) is 42.6 Å². The molecule has 26 heavy (non-hydrogen) atoms. The zero-order chi connectivity index (χ0) is 18.5. The molecule has 3 rings (SSSR count).